The molecule has 1 nitrogen and oxygen atoms in total. The molecule has 0 unspecified atom stereocenters. The van der Waals surface area contributed by atoms with Crippen LogP contribution >= 0.6 is 0 Å². The van der Waals surface area contributed by atoms with E-state index in [1.165, 1.54) is 33.4 Å². The number of benzene rings is 2. The summed E-state index contributed by atoms with van der Waals surface area (Å²) in [4.78, 5) is 0. The van der Waals surface area contributed by atoms with Crippen molar-refractivity contribution < 1.29 is 0 Å². The van der Waals surface area contributed by atoms with Crippen LogP contribution in [-0.2, 0) is 6.42 Å². The van der Waals surface area contributed by atoms with Crippen LogP contribution in [0.4, 0.5) is 5.69 Å². The third-order valence-electron chi connectivity index (χ3n) is 4.71. The van der Waals surface area contributed by atoms with Gasteiger partial charge >= 0.3 is 0 Å². The van der Waals surface area contributed by atoms with Crippen molar-refractivity contribution in [2.45, 2.75) is 33.1 Å². The minimum absolute atomic E-state index is 0.901. The summed E-state index contributed by atoms with van der Waals surface area (Å²) in [6.45, 7) is 12.9. The van der Waals surface area contributed by atoms with Crippen molar-refractivity contribution in [3.63, 3.8) is 0 Å². The highest BCUT2D eigenvalue weighted by atomic mass is 14.9. The molecule has 1 N–H and O–H groups in total. The van der Waals surface area contributed by atoms with E-state index in [4.69, 9.17) is 0 Å². The SMILES string of the molecule is C=C1Nc2ccc(C(=C)CCC)cc2C(C)=C1Cc1ccccc1. The smallest absolute Gasteiger partial charge is 0.0460 e. The molecule has 1 aliphatic rings. The monoisotopic (exact) mass is 315 g/mol. The lowest BCUT2D eigenvalue weighted by Crippen LogP contribution is -2.12. The van der Waals surface area contributed by atoms with E-state index in [9.17, 15) is 0 Å². The first-order chi connectivity index (χ1) is 11.6. The van der Waals surface area contributed by atoms with Gasteiger partial charge in [-0.3, -0.25) is 0 Å². The van der Waals surface area contributed by atoms with Crippen LogP contribution in [-0.4, -0.2) is 0 Å². The van der Waals surface area contributed by atoms with Crippen molar-refractivity contribution in [3.8, 4) is 0 Å². The van der Waals surface area contributed by atoms with Crippen LogP contribution in [0, 0.1) is 0 Å². The van der Waals surface area contributed by atoms with Crippen molar-refractivity contribution in [3.05, 3.63) is 89.6 Å². The topological polar surface area (TPSA) is 12.0 Å². The maximum absolute atomic E-state index is 4.24. The summed E-state index contributed by atoms with van der Waals surface area (Å²) in [7, 11) is 0. The van der Waals surface area contributed by atoms with Crippen molar-refractivity contribution in [2.75, 3.05) is 5.32 Å². The second kappa shape index (κ2) is 6.92. The summed E-state index contributed by atoms with van der Waals surface area (Å²) in [6, 6.07) is 17.2. The van der Waals surface area contributed by atoms with Gasteiger partial charge < -0.3 is 5.32 Å². The number of allylic oxidation sites excluding steroid dienone is 3. The van der Waals surface area contributed by atoms with Gasteiger partial charge in [0.05, 0.1) is 0 Å². The van der Waals surface area contributed by atoms with Crippen LogP contribution in [0.2, 0.25) is 0 Å². The van der Waals surface area contributed by atoms with Gasteiger partial charge in [0.1, 0.15) is 0 Å². The third kappa shape index (κ3) is 3.21. The molecule has 0 aromatic heterocycles. The number of hydrogen-bond acceptors (Lipinski definition) is 1. The molecule has 0 atom stereocenters. The molecule has 2 aromatic rings. The Morgan fingerprint density at radius 1 is 1.08 bits per heavy atom. The summed E-state index contributed by atoms with van der Waals surface area (Å²) in [6.07, 6.45) is 3.07. The molecule has 1 aliphatic heterocycles. The van der Waals surface area contributed by atoms with E-state index in [-0.39, 0.29) is 0 Å². The zero-order chi connectivity index (χ0) is 17.1. The summed E-state index contributed by atoms with van der Waals surface area (Å²) in [5.74, 6) is 0. The molecule has 0 aliphatic carbocycles. The highest BCUT2D eigenvalue weighted by Gasteiger charge is 2.19. The molecule has 0 amide bonds. The molecule has 0 bridgehead atoms. The predicted octanol–water partition coefficient (Wildman–Crippen LogP) is 6.46. The first-order valence-corrected chi connectivity index (χ1v) is 8.62. The Balaban J connectivity index is 1.99. The lowest BCUT2D eigenvalue weighted by molar-refractivity contribution is 0.975. The van der Waals surface area contributed by atoms with E-state index < -0.39 is 0 Å². The van der Waals surface area contributed by atoms with Crippen LogP contribution in [0.15, 0.2) is 73.0 Å². The molecule has 0 spiro atoms. The predicted molar refractivity (Wildman–Crippen MR) is 106 cm³/mol. The van der Waals surface area contributed by atoms with Gasteiger partial charge in [-0.25, -0.2) is 0 Å². The van der Waals surface area contributed by atoms with Gasteiger partial charge in [-0.2, -0.15) is 0 Å². The molecule has 24 heavy (non-hydrogen) atoms. The summed E-state index contributed by atoms with van der Waals surface area (Å²) >= 11 is 0. The minimum Gasteiger partial charge on any atom is -0.355 e. The fraction of sp³-hybridized carbons (Fsp3) is 0.217. The Morgan fingerprint density at radius 2 is 1.83 bits per heavy atom. The van der Waals surface area contributed by atoms with Crippen LogP contribution in [0.25, 0.3) is 11.1 Å². The lowest BCUT2D eigenvalue weighted by Gasteiger charge is -2.26. The standard InChI is InChI=1S/C23H25N/c1-5-9-16(2)20-12-13-23-22(15-20)17(3)21(18(4)24-23)14-19-10-7-6-8-11-19/h6-8,10-13,15,24H,2,4-5,9,14H2,1,3H3. The van der Waals surface area contributed by atoms with E-state index in [0.29, 0.717) is 0 Å². The zero-order valence-electron chi connectivity index (χ0n) is 14.7. The van der Waals surface area contributed by atoms with Crippen molar-refractivity contribution in [1.82, 2.24) is 0 Å². The van der Waals surface area contributed by atoms with E-state index in [1.807, 2.05) is 0 Å². The van der Waals surface area contributed by atoms with Gasteiger partial charge in [0.2, 0.25) is 0 Å². The molecule has 122 valence electrons. The van der Waals surface area contributed by atoms with Gasteiger partial charge in [0.25, 0.3) is 0 Å². The van der Waals surface area contributed by atoms with Crippen LogP contribution in [0.5, 0.6) is 0 Å². The van der Waals surface area contributed by atoms with E-state index in [0.717, 1.165) is 30.6 Å². The van der Waals surface area contributed by atoms with Crippen LogP contribution in [0.1, 0.15) is 43.4 Å². The van der Waals surface area contributed by atoms with Crippen molar-refractivity contribution in [1.29, 1.82) is 0 Å². The van der Waals surface area contributed by atoms with E-state index >= 15 is 0 Å². The van der Waals surface area contributed by atoms with Gasteiger partial charge in [0, 0.05) is 16.9 Å². The highest BCUT2D eigenvalue weighted by Crippen LogP contribution is 2.38. The Labute approximate surface area is 145 Å². The fourth-order valence-corrected chi connectivity index (χ4v) is 3.30. The fourth-order valence-electron chi connectivity index (χ4n) is 3.30. The molecule has 0 radical (unpaired) electrons. The number of hydrogen-bond donors (Lipinski definition) is 1. The quantitative estimate of drug-likeness (QED) is 0.668. The van der Waals surface area contributed by atoms with Crippen LogP contribution in [0.3, 0.4) is 0 Å². The molecule has 2 aromatic carbocycles. The highest BCUT2D eigenvalue weighted by molar-refractivity contribution is 5.87. The van der Waals surface area contributed by atoms with Gasteiger partial charge in [-0.05, 0) is 59.7 Å². The first kappa shape index (κ1) is 16.3. The second-order valence-corrected chi connectivity index (χ2v) is 6.48. The molecule has 1 heteroatoms. The number of nitrogens with one attached hydrogen (secondary N) is 1. The Hall–Kier alpha value is -2.54. The molecular weight excluding hydrogens is 290 g/mol. The number of rotatable bonds is 5. The average molecular weight is 315 g/mol. The van der Waals surface area contributed by atoms with E-state index in [2.05, 4.69) is 80.9 Å². The summed E-state index contributed by atoms with van der Waals surface area (Å²) in [5, 5.41) is 3.48. The normalized spacial score (nSPS) is 13.5. The summed E-state index contributed by atoms with van der Waals surface area (Å²) < 4.78 is 0. The first-order valence-electron chi connectivity index (χ1n) is 8.62. The molecule has 1 heterocycles. The largest absolute Gasteiger partial charge is 0.355 e. The van der Waals surface area contributed by atoms with Gasteiger partial charge in [0.15, 0.2) is 0 Å². The number of anilines is 1. The summed E-state index contributed by atoms with van der Waals surface area (Å²) in [5.41, 5.74) is 9.76. The molecule has 3 rings (SSSR count). The maximum Gasteiger partial charge on any atom is 0.0460 e. The van der Waals surface area contributed by atoms with Crippen molar-refractivity contribution >= 4 is 16.8 Å². The van der Waals surface area contributed by atoms with Gasteiger partial charge in [-0.15, -0.1) is 0 Å². The van der Waals surface area contributed by atoms with Crippen molar-refractivity contribution in [2.24, 2.45) is 0 Å². The molecular formula is C23H25N. The number of fused-ring (bicyclic) bond motifs is 1. The third-order valence-corrected chi connectivity index (χ3v) is 4.71. The van der Waals surface area contributed by atoms with E-state index in [1.54, 1.807) is 0 Å². The Morgan fingerprint density at radius 3 is 2.54 bits per heavy atom. The molecule has 0 saturated heterocycles. The minimum atomic E-state index is 0.901. The second-order valence-electron chi connectivity index (χ2n) is 6.48. The Bertz CT molecular complexity index is 809. The van der Waals surface area contributed by atoms with Gasteiger partial charge in [-0.1, -0.05) is 62.9 Å². The molecule has 0 fully saturated rings. The van der Waals surface area contributed by atoms with Crippen LogP contribution < -0.4 is 5.32 Å². The maximum atomic E-state index is 4.24. The molecule has 0 saturated carbocycles. The zero-order valence-corrected chi connectivity index (χ0v) is 14.7. The lowest BCUT2D eigenvalue weighted by atomic mass is 9.88. The average Bonchev–Trinajstić information content (AvgIpc) is 2.59. The Kier molecular flexibility index (Phi) is 4.71.